The van der Waals surface area contributed by atoms with Gasteiger partial charge in [0.25, 0.3) is 0 Å². The van der Waals surface area contributed by atoms with Gasteiger partial charge in [-0.15, -0.1) is 0 Å². The van der Waals surface area contributed by atoms with Crippen LogP contribution in [0.15, 0.2) is 96.2 Å². The quantitative estimate of drug-likeness (QED) is 0.398. The van der Waals surface area contributed by atoms with Crippen molar-refractivity contribution in [3.8, 4) is 22.5 Å². The third-order valence-corrected chi connectivity index (χ3v) is 6.58. The molecule has 0 bridgehead atoms. The second-order valence-corrected chi connectivity index (χ2v) is 8.42. The highest BCUT2D eigenvalue weighted by atomic mass is 32.2. The Labute approximate surface area is 186 Å². The highest BCUT2D eigenvalue weighted by Gasteiger charge is 2.61. The standard InChI is InChI=1S/C24H16F3N3OS/c25-24(26,27)23(18-14-8-3-9-15-18)29-21(31)30-20(17-12-6-2-7-13-17)19(28-22(30)32-23)16-10-4-1-5-11-16/h1-15H,(H,29,31). The molecule has 1 unspecified atom stereocenters. The number of aromatic nitrogens is 2. The summed E-state index contributed by atoms with van der Waals surface area (Å²) in [6, 6.07) is 24.7. The number of nitrogens with one attached hydrogen (secondary N) is 1. The summed E-state index contributed by atoms with van der Waals surface area (Å²) in [7, 11) is 0. The van der Waals surface area contributed by atoms with Gasteiger partial charge < -0.3 is 5.32 Å². The molecule has 1 aliphatic rings. The third-order valence-electron chi connectivity index (χ3n) is 5.25. The van der Waals surface area contributed by atoms with E-state index in [0.717, 1.165) is 0 Å². The molecule has 5 rings (SSSR count). The van der Waals surface area contributed by atoms with Gasteiger partial charge in [-0.05, 0) is 17.3 Å². The summed E-state index contributed by atoms with van der Waals surface area (Å²) in [4.78, 5) is 15.2. The first-order valence-electron chi connectivity index (χ1n) is 9.78. The maximum Gasteiger partial charge on any atom is 0.425 e. The Balaban J connectivity index is 1.76. The predicted molar refractivity (Wildman–Crippen MR) is 117 cm³/mol. The van der Waals surface area contributed by atoms with Crippen molar-refractivity contribution in [1.29, 1.82) is 0 Å². The van der Waals surface area contributed by atoms with Gasteiger partial charge >= 0.3 is 12.2 Å². The van der Waals surface area contributed by atoms with Crippen molar-refractivity contribution in [3.63, 3.8) is 0 Å². The van der Waals surface area contributed by atoms with Crippen LogP contribution in [0.2, 0.25) is 0 Å². The number of nitrogens with zero attached hydrogens (tertiary/aromatic N) is 2. The van der Waals surface area contributed by atoms with Gasteiger partial charge in [-0.3, -0.25) is 0 Å². The van der Waals surface area contributed by atoms with E-state index < -0.39 is 17.1 Å². The molecule has 0 aliphatic carbocycles. The summed E-state index contributed by atoms with van der Waals surface area (Å²) >= 11 is 0.487. The van der Waals surface area contributed by atoms with Crippen molar-refractivity contribution in [2.75, 3.05) is 0 Å². The zero-order valence-corrected chi connectivity index (χ0v) is 17.3. The van der Waals surface area contributed by atoms with Crippen molar-refractivity contribution < 1.29 is 18.0 Å². The average molecular weight is 451 g/mol. The Morgan fingerprint density at radius 2 is 1.34 bits per heavy atom. The number of carbonyl (C=O) groups is 1. The SMILES string of the molecule is O=C1NC(c2ccccc2)(C(F)(F)F)Sc2nc(-c3ccccc3)c(-c3ccccc3)n21. The molecule has 1 amide bonds. The lowest BCUT2D eigenvalue weighted by Crippen LogP contribution is -2.57. The van der Waals surface area contributed by atoms with Crippen molar-refractivity contribution in [3.05, 3.63) is 96.6 Å². The van der Waals surface area contributed by atoms with E-state index in [1.54, 1.807) is 18.2 Å². The molecule has 0 fully saturated rings. The molecule has 0 saturated heterocycles. The van der Waals surface area contributed by atoms with Crippen LogP contribution in [-0.2, 0) is 4.87 Å². The summed E-state index contributed by atoms with van der Waals surface area (Å²) in [5.74, 6) is 0. The molecule has 1 aromatic heterocycles. The van der Waals surface area contributed by atoms with E-state index in [4.69, 9.17) is 0 Å². The summed E-state index contributed by atoms with van der Waals surface area (Å²) in [6.07, 6.45) is -4.76. The van der Waals surface area contributed by atoms with Crippen LogP contribution in [-0.4, -0.2) is 21.8 Å². The molecule has 0 spiro atoms. The van der Waals surface area contributed by atoms with Crippen LogP contribution in [0.1, 0.15) is 5.56 Å². The van der Waals surface area contributed by atoms with Crippen LogP contribution < -0.4 is 5.32 Å². The number of fused-ring (bicyclic) bond motifs is 1. The molecule has 0 saturated carbocycles. The number of alkyl halides is 3. The first-order chi connectivity index (χ1) is 15.4. The normalized spacial score (nSPS) is 18.2. The molecule has 160 valence electrons. The van der Waals surface area contributed by atoms with E-state index >= 15 is 0 Å². The van der Waals surface area contributed by atoms with Crippen molar-refractivity contribution in [2.24, 2.45) is 0 Å². The Morgan fingerprint density at radius 3 is 1.91 bits per heavy atom. The Morgan fingerprint density at radius 1 is 0.812 bits per heavy atom. The number of hydrogen-bond donors (Lipinski definition) is 1. The van der Waals surface area contributed by atoms with Crippen molar-refractivity contribution in [1.82, 2.24) is 14.9 Å². The number of amides is 1. The Hall–Kier alpha value is -3.52. The molecule has 1 N–H and O–H groups in total. The molecule has 2 heterocycles. The van der Waals surface area contributed by atoms with Crippen molar-refractivity contribution in [2.45, 2.75) is 16.2 Å². The molecule has 3 aromatic carbocycles. The number of rotatable bonds is 3. The molecule has 4 nitrogen and oxygen atoms in total. The van der Waals surface area contributed by atoms with E-state index in [0.29, 0.717) is 34.3 Å². The molecule has 1 aliphatic heterocycles. The van der Waals surface area contributed by atoms with E-state index in [1.807, 2.05) is 48.5 Å². The zero-order chi connectivity index (χ0) is 22.3. The largest absolute Gasteiger partial charge is 0.425 e. The fourth-order valence-corrected chi connectivity index (χ4v) is 4.97. The van der Waals surface area contributed by atoms with E-state index in [2.05, 4.69) is 10.3 Å². The highest BCUT2D eigenvalue weighted by Crippen LogP contribution is 2.53. The Kier molecular flexibility index (Phi) is 4.82. The number of hydrogen-bond acceptors (Lipinski definition) is 3. The summed E-state index contributed by atoms with van der Waals surface area (Å²) in [6.45, 7) is 0. The molecular weight excluding hydrogens is 435 g/mol. The fourth-order valence-electron chi connectivity index (χ4n) is 3.78. The van der Waals surface area contributed by atoms with Gasteiger partial charge in [0.1, 0.15) is 0 Å². The van der Waals surface area contributed by atoms with Gasteiger partial charge in [0.15, 0.2) is 5.16 Å². The maximum atomic E-state index is 14.4. The Bertz CT molecular complexity index is 1270. The van der Waals surface area contributed by atoms with Gasteiger partial charge in [-0.25, -0.2) is 14.3 Å². The van der Waals surface area contributed by atoms with Gasteiger partial charge in [0.05, 0.1) is 11.4 Å². The van der Waals surface area contributed by atoms with Crippen LogP contribution in [0, 0.1) is 0 Å². The van der Waals surface area contributed by atoms with Gasteiger partial charge in [-0.1, -0.05) is 91.0 Å². The molecule has 8 heteroatoms. The molecular formula is C24H16F3N3OS. The third kappa shape index (κ3) is 3.18. The van der Waals surface area contributed by atoms with Crippen LogP contribution in [0.3, 0.4) is 0 Å². The van der Waals surface area contributed by atoms with Crippen molar-refractivity contribution >= 4 is 17.8 Å². The smallest absolute Gasteiger partial charge is 0.311 e. The minimum atomic E-state index is -4.76. The highest BCUT2D eigenvalue weighted by molar-refractivity contribution is 8.00. The zero-order valence-electron chi connectivity index (χ0n) is 16.5. The second-order valence-electron chi connectivity index (χ2n) is 7.24. The number of carbonyl (C=O) groups excluding carboxylic acids is 1. The number of thioether (sulfide) groups is 1. The second kappa shape index (κ2) is 7.56. The first-order valence-corrected chi connectivity index (χ1v) is 10.6. The van der Waals surface area contributed by atoms with Crippen LogP contribution in [0.5, 0.6) is 0 Å². The van der Waals surface area contributed by atoms with Gasteiger partial charge in [0.2, 0.25) is 4.87 Å². The lowest BCUT2D eigenvalue weighted by Gasteiger charge is -2.38. The fraction of sp³-hybridized carbons (Fsp3) is 0.0833. The summed E-state index contributed by atoms with van der Waals surface area (Å²) in [5.41, 5.74) is 2.21. The average Bonchev–Trinajstić information content (AvgIpc) is 3.20. The first kappa shape index (κ1) is 20.4. The summed E-state index contributed by atoms with van der Waals surface area (Å²) < 4.78 is 44.5. The lowest BCUT2D eigenvalue weighted by molar-refractivity contribution is -0.167. The molecule has 0 radical (unpaired) electrons. The minimum Gasteiger partial charge on any atom is -0.311 e. The number of halogens is 3. The minimum absolute atomic E-state index is 0.0207. The monoisotopic (exact) mass is 451 g/mol. The predicted octanol–water partition coefficient (Wildman–Crippen LogP) is 6.30. The molecule has 4 aromatic rings. The van der Waals surface area contributed by atoms with E-state index in [-0.39, 0.29) is 10.7 Å². The topological polar surface area (TPSA) is 46.9 Å². The van der Waals surface area contributed by atoms with Gasteiger partial charge in [-0.2, -0.15) is 13.2 Å². The number of imidazole rings is 1. The molecule has 32 heavy (non-hydrogen) atoms. The van der Waals surface area contributed by atoms with Gasteiger partial charge in [0, 0.05) is 11.1 Å². The van der Waals surface area contributed by atoms with Crippen LogP contribution in [0.4, 0.5) is 18.0 Å². The van der Waals surface area contributed by atoms with E-state index in [1.165, 1.54) is 28.8 Å². The number of benzene rings is 3. The lowest BCUT2D eigenvalue weighted by atomic mass is 10.0. The van der Waals surface area contributed by atoms with E-state index in [9.17, 15) is 18.0 Å². The maximum absolute atomic E-state index is 14.4. The van der Waals surface area contributed by atoms with Crippen LogP contribution in [0.25, 0.3) is 22.5 Å². The summed E-state index contributed by atoms with van der Waals surface area (Å²) in [5, 5.41) is 2.22. The molecule has 1 atom stereocenters. The van der Waals surface area contributed by atoms with Crippen LogP contribution >= 0.6 is 11.8 Å².